The first kappa shape index (κ1) is 9.64. The molecule has 0 spiro atoms. The largest absolute Gasteiger partial charge is 0.312 e. The fourth-order valence-corrected chi connectivity index (χ4v) is 2.43. The fourth-order valence-electron chi connectivity index (χ4n) is 2.43. The van der Waals surface area contributed by atoms with Crippen LogP contribution in [0.1, 0.15) is 30.9 Å². The first-order valence-corrected chi connectivity index (χ1v) is 5.88. The highest BCUT2D eigenvalue weighted by Crippen LogP contribution is 2.31. The molecule has 82 valence electrons. The molecule has 1 aromatic carbocycles. The summed E-state index contributed by atoms with van der Waals surface area (Å²) < 4.78 is 1.93. The highest BCUT2D eigenvalue weighted by atomic mass is 16.1. The van der Waals surface area contributed by atoms with Gasteiger partial charge in [-0.1, -0.05) is 18.2 Å². The molecule has 0 amide bonds. The van der Waals surface area contributed by atoms with Gasteiger partial charge in [-0.15, -0.1) is 0 Å². The zero-order chi connectivity index (χ0) is 11.1. The van der Waals surface area contributed by atoms with Crippen LogP contribution in [0.25, 0.3) is 10.8 Å². The van der Waals surface area contributed by atoms with Crippen molar-refractivity contribution in [2.45, 2.75) is 32.2 Å². The lowest BCUT2D eigenvalue weighted by atomic mass is 9.92. The Kier molecular flexibility index (Phi) is 2.10. The molecule has 0 saturated heterocycles. The second-order valence-corrected chi connectivity index (χ2v) is 4.65. The van der Waals surface area contributed by atoms with E-state index in [9.17, 15) is 4.79 Å². The van der Waals surface area contributed by atoms with E-state index in [2.05, 4.69) is 6.92 Å². The maximum Gasteiger partial charge on any atom is 0.258 e. The van der Waals surface area contributed by atoms with E-state index in [4.69, 9.17) is 0 Å². The third kappa shape index (κ3) is 1.29. The van der Waals surface area contributed by atoms with Crippen LogP contribution in [-0.4, -0.2) is 4.57 Å². The smallest absolute Gasteiger partial charge is 0.258 e. The Morgan fingerprint density at radius 1 is 1.19 bits per heavy atom. The van der Waals surface area contributed by atoms with E-state index in [0.717, 1.165) is 23.6 Å². The molecule has 2 heteroatoms. The quantitative estimate of drug-likeness (QED) is 0.713. The van der Waals surface area contributed by atoms with Gasteiger partial charge in [0.05, 0.1) is 0 Å². The van der Waals surface area contributed by atoms with Crippen molar-refractivity contribution in [3.8, 4) is 0 Å². The standard InChI is InChI=1S/C14H15NO/c1-10-9-15(11-5-4-6-11)14(16)13-8-3-2-7-12(10)13/h2-3,7-9,11H,4-6H2,1H3. The van der Waals surface area contributed by atoms with Gasteiger partial charge in [0, 0.05) is 17.6 Å². The Morgan fingerprint density at radius 2 is 1.88 bits per heavy atom. The number of hydrogen-bond donors (Lipinski definition) is 0. The van der Waals surface area contributed by atoms with Gasteiger partial charge >= 0.3 is 0 Å². The molecule has 1 aromatic heterocycles. The molecule has 1 heterocycles. The van der Waals surface area contributed by atoms with E-state index in [1.165, 1.54) is 12.0 Å². The minimum atomic E-state index is 0.172. The monoisotopic (exact) mass is 213 g/mol. The second kappa shape index (κ2) is 3.48. The van der Waals surface area contributed by atoms with Crippen LogP contribution in [0.15, 0.2) is 35.3 Å². The number of rotatable bonds is 1. The van der Waals surface area contributed by atoms with E-state index >= 15 is 0 Å². The van der Waals surface area contributed by atoms with E-state index < -0.39 is 0 Å². The van der Waals surface area contributed by atoms with E-state index in [1.807, 2.05) is 35.0 Å². The van der Waals surface area contributed by atoms with Crippen molar-refractivity contribution in [3.63, 3.8) is 0 Å². The fraction of sp³-hybridized carbons (Fsp3) is 0.357. The molecule has 2 nitrogen and oxygen atoms in total. The third-order valence-electron chi connectivity index (χ3n) is 3.62. The number of nitrogens with zero attached hydrogens (tertiary/aromatic N) is 1. The molecule has 0 radical (unpaired) electrons. The Bertz CT molecular complexity index is 593. The van der Waals surface area contributed by atoms with Crippen LogP contribution in [0.5, 0.6) is 0 Å². The van der Waals surface area contributed by atoms with Gasteiger partial charge in [-0.25, -0.2) is 0 Å². The molecule has 1 saturated carbocycles. The number of fused-ring (bicyclic) bond motifs is 1. The number of aromatic nitrogens is 1. The molecular weight excluding hydrogens is 198 g/mol. The van der Waals surface area contributed by atoms with Gasteiger partial charge in [0.25, 0.3) is 5.56 Å². The SMILES string of the molecule is Cc1cn(C2CCC2)c(=O)c2ccccc12. The van der Waals surface area contributed by atoms with E-state index in [0.29, 0.717) is 6.04 Å². The van der Waals surface area contributed by atoms with Crippen molar-refractivity contribution in [1.29, 1.82) is 0 Å². The highest BCUT2D eigenvalue weighted by molar-refractivity contribution is 5.84. The maximum absolute atomic E-state index is 12.3. The summed E-state index contributed by atoms with van der Waals surface area (Å²) in [6.07, 6.45) is 5.58. The first-order chi connectivity index (χ1) is 7.77. The van der Waals surface area contributed by atoms with Gasteiger partial charge in [0.15, 0.2) is 0 Å². The maximum atomic E-state index is 12.3. The van der Waals surface area contributed by atoms with Crippen LogP contribution < -0.4 is 5.56 Å². The van der Waals surface area contributed by atoms with Crippen LogP contribution in [0, 0.1) is 6.92 Å². The van der Waals surface area contributed by atoms with Crippen LogP contribution in [-0.2, 0) is 0 Å². The summed E-state index contributed by atoms with van der Waals surface area (Å²) in [5.41, 5.74) is 1.37. The Labute approximate surface area is 94.5 Å². The van der Waals surface area contributed by atoms with Gasteiger partial charge in [-0.05, 0) is 43.2 Å². The van der Waals surface area contributed by atoms with Gasteiger partial charge < -0.3 is 4.57 Å². The summed E-state index contributed by atoms with van der Waals surface area (Å²) >= 11 is 0. The molecule has 3 rings (SSSR count). The summed E-state index contributed by atoms with van der Waals surface area (Å²) in [6.45, 7) is 2.08. The molecule has 0 aliphatic heterocycles. The van der Waals surface area contributed by atoms with Crippen LogP contribution in [0.3, 0.4) is 0 Å². The van der Waals surface area contributed by atoms with Crippen LogP contribution in [0.4, 0.5) is 0 Å². The van der Waals surface area contributed by atoms with Crippen molar-refractivity contribution in [2.24, 2.45) is 0 Å². The Morgan fingerprint density at radius 3 is 2.50 bits per heavy atom. The summed E-state index contributed by atoms with van der Waals surface area (Å²) in [5.74, 6) is 0. The Balaban J connectivity index is 2.31. The van der Waals surface area contributed by atoms with Gasteiger partial charge in [0.2, 0.25) is 0 Å². The summed E-state index contributed by atoms with van der Waals surface area (Å²) in [5, 5.41) is 1.94. The third-order valence-corrected chi connectivity index (χ3v) is 3.62. The number of benzene rings is 1. The van der Waals surface area contributed by atoms with Gasteiger partial charge in [0.1, 0.15) is 0 Å². The van der Waals surface area contributed by atoms with E-state index in [-0.39, 0.29) is 5.56 Å². The van der Waals surface area contributed by atoms with E-state index in [1.54, 1.807) is 0 Å². The van der Waals surface area contributed by atoms with Crippen molar-refractivity contribution in [3.05, 3.63) is 46.4 Å². The number of pyridine rings is 1. The van der Waals surface area contributed by atoms with Gasteiger partial charge in [-0.3, -0.25) is 4.79 Å². The lowest BCUT2D eigenvalue weighted by Crippen LogP contribution is -2.28. The average molecular weight is 213 g/mol. The lowest BCUT2D eigenvalue weighted by molar-refractivity contribution is 0.307. The van der Waals surface area contributed by atoms with Crippen molar-refractivity contribution in [1.82, 2.24) is 4.57 Å². The van der Waals surface area contributed by atoms with Crippen LogP contribution >= 0.6 is 0 Å². The highest BCUT2D eigenvalue weighted by Gasteiger charge is 2.21. The minimum absolute atomic E-state index is 0.172. The normalized spacial score (nSPS) is 16.3. The summed E-state index contributed by atoms with van der Waals surface area (Å²) in [6, 6.07) is 8.32. The molecular formula is C14H15NO. The van der Waals surface area contributed by atoms with Gasteiger partial charge in [-0.2, -0.15) is 0 Å². The predicted octanol–water partition coefficient (Wildman–Crippen LogP) is 3.03. The van der Waals surface area contributed by atoms with Crippen molar-refractivity contribution in [2.75, 3.05) is 0 Å². The molecule has 0 atom stereocenters. The average Bonchev–Trinajstić information content (AvgIpc) is 2.23. The number of hydrogen-bond acceptors (Lipinski definition) is 1. The van der Waals surface area contributed by atoms with Crippen LogP contribution in [0.2, 0.25) is 0 Å². The lowest BCUT2D eigenvalue weighted by Gasteiger charge is -2.28. The summed E-state index contributed by atoms with van der Waals surface area (Å²) in [4.78, 5) is 12.3. The van der Waals surface area contributed by atoms with Crippen molar-refractivity contribution >= 4 is 10.8 Å². The second-order valence-electron chi connectivity index (χ2n) is 4.65. The minimum Gasteiger partial charge on any atom is -0.312 e. The molecule has 0 unspecified atom stereocenters. The molecule has 1 fully saturated rings. The first-order valence-electron chi connectivity index (χ1n) is 5.88. The zero-order valence-electron chi connectivity index (χ0n) is 9.44. The van der Waals surface area contributed by atoms with Crippen molar-refractivity contribution < 1.29 is 0 Å². The molecule has 2 aromatic rings. The molecule has 1 aliphatic rings. The molecule has 1 aliphatic carbocycles. The predicted molar refractivity (Wildman–Crippen MR) is 65.8 cm³/mol. The topological polar surface area (TPSA) is 22.0 Å². The molecule has 0 N–H and O–H groups in total. The zero-order valence-corrected chi connectivity index (χ0v) is 9.44. The Hall–Kier alpha value is -1.57. The number of aryl methyl sites for hydroxylation is 1. The molecule has 0 bridgehead atoms. The summed E-state index contributed by atoms with van der Waals surface area (Å²) in [7, 11) is 0. The molecule has 16 heavy (non-hydrogen) atoms.